The van der Waals surface area contributed by atoms with Gasteiger partial charge >= 0.3 is 0 Å². The van der Waals surface area contributed by atoms with E-state index in [1.54, 1.807) is 7.11 Å². The first kappa shape index (κ1) is 23.4. The Morgan fingerprint density at radius 2 is 1.79 bits per heavy atom. The molecule has 6 atom stereocenters. The van der Waals surface area contributed by atoms with Gasteiger partial charge in [0.05, 0.1) is 12.6 Å². The Morgan fingerprint density at radius 3 is 2.42 bits per heavy atom. The topological polar surface area (TPSA) is 57.2 Å². The van der Waals surface area contributed by atoms with Crippen molar-refractivity contribution in [3.63, 3.8) is 0 Å². The Balaban J connectivity index is 1.72. The maximum absolute atomic E-state index is 13.2. The summed E-state index contributed by atoms with van der Waals surface area (Å²) in [6, 6.07) is 19.4. The van der Waals surface area contributed by atoms with Crippen LogP contribution in [-0.4, -0.2) is 49.1 Å². The normalized spacial score (nSPS) is 29.0. The first-order valence-electron chi connectivity index (χ1n) is 11.2. The Bertz CT molecular complexity index is 934. The third kappa shape index (κ3) is 5.09. The fourth-order valence-corrected chi connectivity index (χ4v) is 4.74. The second kappa shape index (κ2) is 10.9. The predicted molar refractivity (Wildman–Crippen MR) is 125 cm³/mol. The molecule has 0 radical (unpaired) electrons. The van der Waals surface area contributed by atoms with Crippen molar-refractivity contribution in [3.8, 4) is 0 Å². The zero-order valence-electron chi connectivity index (χ0n) is 18.9. The first-order valence-corrected chi connectivity index (χ1v) is 11.2. The van der Waals surface area contributed by atoms with Crippen LogP contribution in [0.3, 0.4) is 0 Å². The van der Waals surface area contributed by atoms with Crippen molar-refractivity contribution in [2.24, 2.45) is 5.92 Å². The van der Waals surface area contributed by atoms with Crippen molar-refractivity contribution in [1.29, 1.82) is 0 Å². The number of rotatable bonds is 8. The quantitative estimate of drug-likeness (QED) is 0.446. The SMILES string of the molecule is C=CC[C@H]1[C@@H](OC)O[C@@H]2CO[C@@H](c3ccccc3)O[C@H]2[C@@H]1N(Cc1ccccc1)C(=O)C=C. The molecule has 2 aromatic rings. The largest absolute Gasteiger partial charge is 0.355 e. The van der Waals surface area contributed by atoms with Crippen LogP contribution in [0.25, 0.3) is 0 Å². The molecule has 0 bridgehead atoms. The Kier molecular flexibility index (Phi) is 7.73. The first-order chi connectivity index (χ1) is 16.2. The molecule has 0 unspecified atom stereocenters. The van der Waals surface area contributed by atoms with Crippen LogP contribution in [-0.2, 0) is 30.3 Å². The van der Waals surface area contributed by atoms with Crippen molar-refractivity contribution < 1.29 is 23.7 Å². The molecule has 0 aromatic heterocycles. The second-order valence-corrected chi connectivity index (χ2v) is 8.29. The third-order valence-corrected chi connectivity index (χ3v) is 6.25. The van der Waals surface area contributed by atoms with Crippen LogP contribution in [0.5, 0.6) is 0 Å². The second-order valence-electron chi connectivity index (χ2n) is 8.29. The molecule has 2 aromatic carbocycles. The lowest BCUT2D eigenvalue weighted by Crippen LogP contribution is -2.65. The molecule has 4 rings (SSSR count). The summed E-state index contributed by atoms with van der Waals surface area (Å²) in [5.74, 6) is -0.337. The van der Waals surface area contributed by atoms with E-state index in [0.29, 0.717) is 19.6 Å². The molecular weight excluding hydrogens is 418 g/mol. The van der Waals surface area contributed by atoms with E-state index in [0.717, 1.165) is 11.1 Å². The fraction of sp³-hybridized carbons (Fsp3) is 0.370. The summed E-state index contributed by atoms with van der Waals surface area (Å²) in [5, 5.41) is 0. The Labute approximate surface area is 195 Å². The van der Waals surface area contributed by atoms with Crippen LogP contribution in [0, 0.1) is 5.92 Å². The van der Waals surface area contributed by atoms with E-state index in [2.05, 4.69) is 13.2 Å². The summed E-state index contributed by atoms with van der Waals surface area (Å²) in [7, 11) is 1.62. The van der Waals surface area contributed by atoms with Crippen molar-refractivity contribution in [2.75, 3.05) is 13.7 Å². The van der Waals surface area contributed by atoms with E-state index in [1.165, 1.54) is 6.08 Å². The van der Waals surface area contributed by atoms with E-state index in [4.69, 9.17) is 18.9 Å². The molecule has 0 aliphatic carbocycles. The van der Waals surface area contributed by atoms with E-state index in [-0.39, 0.29) is 24.0 Å². The van der Waals surface area contributed by atoms with Gasteiger partial charge < -0.3 is 23.8 Å². The minimum atomic E-state index is -0.542. The molecule has 0 N–H and O–H groups in total. The number of nitrogens with zero attached hydrogens (tertiary/aromatic N) is 1. The average molecular weight is 450 g/mol. The smallest absolute Gasteiger partial charge is 0.246 e. The molecule has 2 aliphatic heterocycles. The Morgan fingerprint density at radius 1 is 1.09 bits per heavy atom. The summed E-state index contributed by atoms with van der Waals surface area (Å²) in [4.78, 5) is 15.0. The van der Waals surface area contributed by atoms with Crippen LogP contribution in [0.1, 0.15) is 23.8 Å². The highest BCUT2D eigenvalue weighted by atomic mass is 16.7. The average Bonchev–Trinajstić information content (AvgIpc) is 2.87. The number of fused-ring (bicyclic) bond motifs is 1. The van der Waals surface area contributed by atoms with Crippen molar-refractivity contribution in [1.82, 2.24) is 4.90 Å². The monoisotopic (exact) mass is 449 g/mol. The van der Waals surface area contributed by atoms with Crippen LogP contribution < -0.4 is 0 Å². The lowest BCUT2D eigenvalue weighted by Gasteiger charge is -2.52. The standard InChI is InChI=1S/C27H31NO5/c1-4-12-21-24(28(23(29)5-2)17-19-13-8-6-9-14-19)25-22(32-27(21)30-3)18-31-26(33-25)20-15-10-7-11-16-20/h4-11,13-16,21-22,24-27H,1-2,12,17-18H2,3H3/t21-,22-,24-,25-,26-,27+/m1/s1. The number of methoxy groups -OCH3 is 1. The number of benzene rings is 2. The number of carbonyl (C=O) groups excluding carboxylic acids is 1. The number of amides is 1. The fourth-order valence-electron chi connectivity index (χ4n) is 4.74. The van der Waals surface area contributed by atoms with Gasteiger partial charge in [-0.2, -0.15) is 0 Å². The van der Waals surface area contributed by atoms with Crippen molar-refractivity contribution in [3.05, 3.63) is 97.1 Å². The lowest BCUT2D eigenvalue weighted by atomic mass is 9.83. The van der Waals surface area contributed by atoms with Crippen molar-refractivity contribution in [2.45, 2.75) is 43.8 Å². The molecule has 0 spiro atoms. The molecule has 1 amide bonds. The molecule has 6 heteroatoms. The van der Waals surface area contributed by atoms with Gasteiger partial charge in [0.25, 0.3) is 0 Å². The highest BCUT2D eigenvalue weighted by Crippen LogP contribution is 2.40. The molecule has 2 saturated heterocycles. The third-order valence-electron chi connectivity index (χ3n) is 6.25. The molecule has 2 fully saturated rings. The summed E-state index contributed by atoms with van der Waals surface area (Å²) >= 11 is 0. The van der Waals surface area contributed by atoms with E-state index < -0.39 is 18.7 Å². The number of carbonyl (C=O) groups is 1. The van der Waals surface area contributed by atoms with Gasteiger partial charge in [-0.05, 0) is 18.1 Å². The molecule has 2 heterocycles. The van der Waals surface area contributed by atoms with Gasteiger partial charge in [-0.25, -0.2) is 0 Å². The maximum atomic E-state index is 13.2. The van der Waals surface area contributed by atoms with Crippen molar-refractivity contribution >= 4 is 5.91 Å². The summed E-state index contributed by atoms with van der Waals surface area (Å²) < 4.78 is 24.5. The number of ether oxygens (including phenoxy) is 4. The van der Waals surface area contributed by atoms with Gasteiger partial charge in [0.1, 0.15) is 12.2 Å². The van der Waals surface area contributed by atoms with Gasteiger partial charge in [0.2, 0.25) is 5.91 Å². The molecule has 33 heavy (non-hydrogen) atoms. The Hall–Kier alpha value is -2.77. The number of hydrogen-bond acceptors (Lipinski definition) is 5. The van der Waals surface area contributed by atoms with Gasteiger partial charge in [-0.1, -0.05) is 73.3 Å². The molecule has 0 saturated carbocycles. The van der Waals surface area contributed by atoms with Crippen LogP contribution in [0.2, 0.25) is 0 Å². The highest BCUT2D eigenvalue weighted by Gasteiger charge is 2.52. The number of hydrogen-bond donors (Lipinski definition) is 0. The van der Waals surface area contributed by atoms with Gasteiger partial charge in [0, 0.05) is 25.1 Å². The molecule has 6 nitrogen and oxygen atoms in total. The van der Waals surface area contributed by atoms with E-state index in [1.807, 2.05) is 71.6 Å². The summed E-state index contributed by atoms with van der Waals surface area (Å²) in [6.45, 7) is 8.44. The molecule has 174 valence electrons. The minimum Gasteiger partial charge on any atom is -0.355 e. The predicted octanol–water partition coefficient (Wildman–Crippen LogP) is 4.25. The van der Waals surface area contributed by atoms with Gasteiger partial charge in [-0.15, -0.1) is 6.58 Å². The highest BCUT2D eigenvalue weighted by molar-refractivity contribution is 5.87. The summed E-state index contributed by atoms with van der Waals surface area (Å²) in [5.41, 5.74) is 1.95. The molecular formula is C27H31NO5. The zero-order chi connectivity index (χ0) is 23.2. The van der Waals surface area contributed by atoms with Gasteiger partial charge in [-0.3, -0.25) is 4.79 Å². The summed E-state index contributed by atoms with van der Waals surface area (Å²) in [6.07, 6.45) is 1.94. The van der Waals surface area contributed by atoms with Crippen LogP contribution >= 0.6 is 0 Å². The zero-order valence-corrected chi connectivity index (χ0v) is 18.9. The minimum absolute atomic E-state index is 0.167. The maximum Gasteiger partial charge on any atom is 0.246 e. The molecule has 2 aliphatic rings. The van der Waals surface area contributed by atoms with E-state index in [9.17, 15) is 4.79 Å². The lowest BCUT2D eigenvalue weighted by molar-refractivity contribution is -0.341. The van der Waals surface area contributed by atoms with E-state index >= 15 is 0 Å². The number of allylic oxidation sites excluding steroid dienone is 1. The van der Waals surface area contributed by atoms with Crippen LogP contribution in [0.4, 0.5) is 0 Å². The van der Waals surface area contributed by atoms with Crippen LogP contribution in [0.15, 0.2) is 86.0 Å². The van der Waals surface area contributed by atoms with Gasteiger partial charge in [0.15, 0.2) is 12.6 Å².